The molecule has 21 heavy (non-hydrogen) atoms. The summed E-state index contributed by atoms with van der Waals surface area (Å²) in [5, 5.41) is 11.6. The SMILES string of the molecule is CCOC(=O)N1CC[C@H](NCCc2nncn2C(C)C)C1. The molecule has 1 fully saturated rings. The van der Waals surface area contributed by atoms with Crippen molar-refractivity contribution in [3.05, 3.63) is 12.2 Å². The number of hydrogen-bond acceptors (Lipinski definition) is 5. The van der Waals surface area contributed by atoms with Crippen LogP contribution in [0.1, 0.15) is 39.1 Å². The Morgan fingerprint density at radius 1 is 1.57 bits per heavy atom. The molecule has 2 rings (SSSR count). The summed E-state index contributed by atoms with van der Waals surface area (Å²) in [5.41, 5.74) is 0. The zero-order valence-corrected chi connectivity index (χ0v) is 13.1. The van der Waals surface area contributed by atoms with Crippen LogP contribution in [0.4, 0.5) is 4.79 Å². The van der Waals surface area contributed by atoms with Crippen molar-refractivity contribution in [2.45, 2.75) is 45.7 Å². The first-order chi connectivity index (χ1) is 10.1. The maximum absolute atomic E-state index is 11.6. The van der Waals surface area contributed by atoms with Crippen molar-refractivity contribution in [2.24, 2.45) is 0 Å². The molecule has 0 unspecified atom stereocenters. The second kappa shape index (κ2) is 7.40. The molecule has 1 amide bonds. The first-order valence-corrected chi connectivity index (χ1v) is 7.65. The Labute approximate surface area is 125 Å². The van der Waals surface area contributed by atoms with Gasteiger partial charge in [-0.1, -0.05) is 0 Å². The fourth-order valence-corrected chi connectivity index (χ4v) is 2.57. The second-order valence-corrected chi connectivity index (χ2v) is 5.58. The number of ether oxygens (including phenoxy) is 1. The Balaban J connectivity index is 1.72. The van der Waals surface area contributed by atoms with Crippen LogP contribution in [0, 0.1) is 0 Å². The molecule has 7 heteroatoms. The van der Waals surface area contributed by atoms with Gasteiger partial charge < -0.3 is 19.5 Å². The van der Waals surface area contributed by atoms with Crippen molar-refractivity contribution in [2.75, 3.05) is 26.2 Å². The van der Waals surface area contributed by atoms with E-state index in [4.69, 9.17) is 4.74 Å². The van der Waals surface area contributed by atoms with E-state index in [-0.39, 0.29) is 6.09 Å². The Morgan fingerprint density at radius 2 is 2.38 bits per heavy atom. The Kier molecular flexibility index (Phi) is 5.55. The Hall–Kier alpha value is -1.63. The molecule has 0 aliphatic carbocycles. The van der Waals surface area contributed by atoms with Gasteiger partial charge >= 0.3 is 6.09 Å². The lowest BCUT2D eigenvalue weighted by molar-refractivity contribution is 0.115. The van der Waals surface area contributed by atoms with Crippen molar-refractivity contribution in [1.29, 1.82) is 0 Å². The highest BCUT2D eigenvalue weighted by atomic mass is 16.6. The summed E-state index contributed by atoms with van der Waals surface area (Å²) >= 11 is 0. The van der Waals surface area contributed by atoms with Crippen LogP contribution in [0.2, 0.25) is 0 Å². The van der Waals surface area contributed by atoms with E-state index >= 15 is 0 Å². The normalized spacial score (nSPS) is 18.5. The van der Waals surface area contributed by atoms with E-state index in [0.717, 1.165) is 38.3 Å². The Bertz CT molecular complexity index is 460. The van der Waals surface area contributed by atoms with E-state index < -0.39 is 0 Å². The van der Waals surface area contributed by atoms with Crippen molar-refractivity contribution in [3.63, 3.8) is 0 Å². The minimum absolute atomic E-state index is 0.207. The molecule has 0 radical (unpaired) electrons. The van der Waals surface area contributed by atoms with Gasteiger partial charge in [0, 0.05) is 38.1 Å². The van der Waals surface area contributed by atoms with Gasteiger partial charge in [0.15, 0.2) is 0 Å². The first kappa shape index (κ1) is 15.8. The van der Waals surface area contributed by atoms with Crippen molar-refractivity contribution in [1.82, 2.24) is 25.0 Å². The summed E-state index contributed by atoms with van der Waals surface area (Å²) < 4.78 is 7.10. The maximum atomic E-state index is 11.6. The predicted molar refractivity (Wildman–Crippen MR) is 79.1 cm³/mol. The van der Waals surface area contributed by atoms with Crippen molar-refractivity contribution in [3.8, 4) is 0 Å². The number of hydrogen-bond donors (Lipinski definition) is 1. The molecular weight excluding hydrogens is 270 g/mol. The fourth-order valence-electron chi connectivity index (χ4n) is 2.57. The van der Waals surface area contributed by atoms with Crippen molar-refractivity contribution < 1.29 is 9.53 Å². The summed E-state index contributed by atoms with van der Waals surface area (Å²) in [6.45, 7) is 8.82. The van der Waals surface area contributed by atoms with Crippen LogP contribution in [0.25, 0.3) is 0 Å². The highest BCUT2D eigenvalue weighted by molar-refractivity contribution is 5.68. The van der Waals surface area contributed by atoms with Gasteiger partial charge in [0.2, 0.25) is 0 Å². The third kappa shape index (κ3) is 4.17. The Morgan fingerprint density at radius 3 is 3.10 bits per heavy atom. The van der Waals surface area contributed by atoms with E-state index in [1.165, 1.54) is 0 Å². The molecule has 0 saturated carbocycles. The number of carbonyl (C=O) groups excluding carboxylic acids is 1. The zero-order chi connectivity index (χ0) is 15.2. The smallest absolute Gasteiger partial charge is 0.409 e. The highest BCUT2D eigenvalue weighted by Gasteiger charge is 2.26. The number of carbonyl (C=O) groups is 1. The number of amides is 1. The van der Waals surface area contributed by atoms with Gasteiger partial charge in [0.1, 0.15) is 12.2 Å². The van der Waals surface area contributed by atoms with Crippen LogP contribution >= 0.6 is 0 Å². The van der Waals surface area contributed by atoms with Gasteiger partial charge in [-0.15, -0.1) is 10.2 Å². The summed E-state index contributed by atoms with van der Waals surface area (Å²) in [6.07, 6.45) is 3.38. The molecule has 2 heterocycles. The van der Waals surface area contributed by atoms with E-state index in [0.29, 0.717) is 18.7 Å². The summed E-state index contributed by atoms with van der Waals surface area (Å²) in [5.74, 6) is 0.998. The highest BCUT2D eigenvalue weighted by Crippen LogP contribution is 2.11. The molecule has 1 N–H and O–H groups in total. The van der Waals surface area contributed by atoms with Gasteiger partial charge in [0.25, 0.3) is 0 Å². The molecule has 7 nitrogen and oxygen atoms in total. The van der Waals surface area contributed by atoms with Crippen LogP contribution in [0.15, 0.2) is 6.33 Å². The van der Waals surface area contributed by atoms with Gasteiger partial charge in [-0.05, 0) is 27.2 Å². The lowest BCUT2D eigenvalue weighted by atomic mass is 10.2. The lowest BCUT2D eigenvalue weighted by Gasteiger charge is -2.16. The third-order valence-corrected chi connectivity index (χ3v) is 3.70. The quantitative estimate of drug-likeness (QED) is 0.854. The summed E-state index contributed by atoms with van der Waals surface area (Å²) in [7, 11) is 0. The van der Waals surface area contributed by atoms with Gasteiger partial charge in [0.05, 0.1) is 6.61 Å². The van der Waals surface area contributed by atoms with E-state index in [9.17, 15) is 4.79 Å². The van der Waals surface area contributed by atoms with Crippen molar-refractivity contribution >= 4 is 6.09 Å². The molecule has 1 saturated heterocycles. The molecule has 118 valence electrons. The molecule has 1 atom stereocenters. The van der Waals surface area contributed by atoms with E-state index in [1.54, 1.807) is 11.2 Å². The number of likely N-dealkylation sites (tertiary alicyclic amines) is 1. The molecular formula is C14H25N5O2. The third-order valence-electron chi connectivity index (χ3n) is 3.70. The minimum Gasteiger partial charge on any atom is -0.450 e. The fraction of sp³-hybridized carbons (Fsp3) is 0.786. The first-order valence-electron chi connectivity index (χ1n) is 7.65. The molecule has 1 aromatic rings. The molecule has 1 aliphatic rings. The predicted octanol–water partition coefficient (Wildman–Crippen LogP) is 1.22. The number of aromatic nitrogens is 3. The van der Waals surface area contributed by atoms with Gasteiger partial charge in [-0.2, -0.15) is 0 Å². The van der Waals surface area contributed by atoms with Crippen LogP contribution in [0.3, 0.4) is 0 Å². The zero-order valence-electron chi connectivity index (χ0n) is 13.1. The minimum atomic E-state index is -0.207. The number of rotatable bonds is 6. The van der Waals surface area contributed by atoms with Gasteiger partial charge in [-0.25, -0.2) is 4.79 Å². The molecule has 0 bridgehead atoms. The van der Waals surface area contributed by atoms with Crippen LogP contribution in [-0.2, 0) is 11.2 Å². The van der Waals surface area contributed by atoms with Crippen LogP contribution in [-0.4, -0.2) is 58.0 Å². The van der Waals surface area contributed by atoms with Crippen LogP contribution < -0.4 is 5.32 Å². The number of nitrogens with zero attached hydrogens (tertiary/aromatic N) is 4. The summed E-state index contributed by atoms with van der Waals surface area (Å²) in [6, 6.07) is 0.714. The average molecular weight is 295 g/mol. The molecule has 1 aliphatic heterocycles. The van der Waals surface area contributed by atoms with E-state index in [2.05, 4.69) is 33.9 Å². The summed E-state index contributed by atoms with van der Waals surface area (Å²) in [4.78, 5) is 13.4. The van der Waals surface area contributed by atoms with Crippen LogP contribution in [0.5, 0.6) is 0 Å². The monoisotopic (exact) mass is 295 g/mol. The standard InChI is InChI=1S/C14H25N5O2/c1-4-21-14(20)18-8-6-12(9-18)15-7-5-13-17-16-10-19(13)11(2)3/h10-12,15H,4-9H2,1-3H3/t12-/m0/s1. The maximum Gasteiger partial charge on any atom is 0.409 e. The number of nitrogens with one attached hydrogen (secondary N) is 1. The van der Waals surface area contributed by atoms with E-state index in [1.807, 2.05) is 6.92 Å². The topological polar surface area (TPSA) is 72.3 Å². The molecule has 1 aromatic heterocycles. The average Bonchev–Trinajstić information content (AvgIpc) is 3.08. The largest absolute Gasteiger partial charge is 0.450 e. The second-order valence-electron chi connectivity index (χ2n) is 5.58. The van der Waals surface area contributed by atoms with Gasteiger partial charge in [-0.3, -0.25) is 0 Å². The molecule has 0 aromatic carbocycles. The lowest BCUT2D eigenvalue weighted by Crippen LogP contribution is -2.36. The molecule has 0 spiro atoms.